The van der Waals surface area contributed by atoms with Gasteiger partial charge in [-0.05, 0) is 31.5 Å². The van der Waals surface area contributed by atoms with Crippen LogP contribution in [-0.4, -0.2) is 19.1 Å². The van der Waals surface area contributed by atoms with Gasteiger partial charge in [-0.1, -0.05) is 13.0 Å². The highest BCUT2D eigenvalue weighted by atomic mass is 19.4. The fourth-order valence-electron chi connectivity index (χ4n) is 1.68. The Morgan fingerprint density at radius 3 is 2.60 bits per heavy atom. The van der Waals surface area contributed by atoms with Gasteiger partial charge in [0.05, 0.1) is 18.1 Å². The Bertz CT molecular complexity index is 472. The molecule has 0 aliphatic carbocycles. The molecule has 0 aromatic heterocycles. The number of carbonyl (C=O) groups is 1. The second kappa shape index (κ2) is 6.63. The van der Waals surface area contributed by atoms with E-state index >= 15 is 0 Å². The van der Waals surface area contributed by atoms with Gasteiger partial charge in [-0.25, -0.2) is 0 Å². The van der Waals surface area contributed by atoms with Gasteiger partial charge in [0.15, 0.2) is 0 Å². The normalized spacial score (nSPS) is 12.9. The fraction of sp³-hybridized carbons (Fsp3) is 0.500. The molecule has 1 atom stereocenters. The van der Waals surface area contributed by atoms with Gasteiger partial charge in [0, 0.05) is 12.2 Å². The van der Waals surface area contributed by atoms with Crippen molar-refractivity contribution in [1.82, 2.24) is 0 Å². The molecular formula is C14H18F3NO2. The van der Waals surface area contributed by atoms with Crippen LogP contribution in [0.15, 0.2) is 18.2 Å². The van der Waals surface area contributed by atoms with Gasteiger partial charge in [0.25, 0.3) is 0 Å². The Balaban J connectivity index is 2.72. The van der Waals surface area contributed by atoms with Crippen molar-refractivity contribution in [3.8, 4) is 0 Å². The van der Waals surface area contributed by atoms with Gasteiger partial charge in [-0.3, -0.25) is 4.79 Å². The van der Waals surface area contributed by atoms with Crippen molar-refractivity contribution in [2.75, 3.05) is 18.5 Å². The first-order chi connectivity index (χ1) is 9.25. The number of carbonyl (C=O) groups excluding carboxylic acids is 1. The largest absolute Gasteiger partial charge is 0.466 e. The molecule has 1 rings (SSSR count). The van der Waals surface area contributed by atoms with E-state index in [9.17, 15) is 18.0 Å². The summed E-state index contributed by atoms with van der Waals surface area (Å²) in [6.45, 7) is 5.27. The minimum Gasteiger partial charge on any atom is -0.466 e. The smallest absolute Gasteiger partial charge is 0.416 e. The lowest BCUT2D eigenvalue weighted by atomic mass is 10.1. The molecular weight excluding hydrogens is 271 g/mol. The van der Waals surface area contributed by atoms with Crippen LogP contribution < -0.4 is 5.32 Å². The molecule has 0 aliphatic heterocycles. The number of ether oxygens (including phenoxy) is 1. The lowest BCUT2D eigenvalue weighted by molar-refractivity contribution is -0.146. The van der Waals surface area contributed by atoms with Crippen LogP contribution in [0.5, 0.6) is 0 Å². The Morgan fingerprint density at radius 1 is 1.40 bits per heavy atom. The number of rotatable bonds is 5. The quantitative estimate of drug-likeness (QED) is 0.841. The van der Waals surface area contributed by atoms with Crippen molar-refractivity contribution in [3.63, 3.8) is 0 Å². The second-order valence-corrected chi connectivity index (χ2v) is 4.56. The molecule has 1 aromatic carbocycles. The van der Waals surface area contributed by atoms with Gasteiger partial charge in [-0.15, -0.1) is 0 Å². The maximum absolute atomic E-state index is 12.8. The molecule has 0 amide bonds. The first-order valence-corrected chi connectivity index (χ1v) is 6.34. The van der Waals surface area contributed by atoms with E-state index in [1.54, 1.807) is 19.9 Å². The maximum atomic E-state index is 12.8. The van der Waals surface area contributed by atoms with Gasteiger partial charge >= 0.3 is 12.1 Å². The number of benzene rings is 1. The summed E-state index contributed by atoms with van der Waals surface area (Å²) in [5.41, 5.74) is -0.174. The molecule has 0 saturated heterocycles. The summed E-state index contributed by atoms with van der Waals surface area (Å²) in [7, 11) is 0. The lowest BCUT2D eigenvalue weighted by Crippen LogP contribution is -2.22. The molecule has 0 saturated carbocycles. The summed E-state index contributed by atoms with van der Waals surface area (Å²) in [5.74, 6) is -0.797. The third kappa shape index (κ3) is 4.43. The maximum Gasteiger partial charge on any atom is 0.416 e. The summed E-state index contributed by atoms with van der Waals surface area (Å²) < 4.78 is 43.1. The highest BCUT2D eigenvalue weighted by Crippen LogP contribution is 2.33. The van der Waals surface area contributed by atoms with E-state index in [4.69, 9.17) is 4.74 Å². The minimum absolute atomic E-state index is 0.168. The van der Waals surface area contributed by atoms with E-state index in [1.165, 1.54) is 13.0 Å². The molecule has 112 valence electrons. The first kappa shape index (κ1) is 16.3. The van der Waals surface area contributed by atoms with Crippen molar-refractivity contribution < 1.29 is 22.7 Å². The number of anilines is 1. The molecule has 1 aromatic rings. The van der Waals surface area contributed by atoms with Gasteiger partial charge in [-0.2, -0.15) is 13.2 Å². The molecule has 0 heterocycles. The molecule has 6 heteroatoms. The molecule has 0 fully saturated rings. The van der Waals surface area contributed by atoms with Crippen molar-refractivity contribution in [2.24, 2.45) is 5.92 Å². The fourth-order valence-corrected chi connectivity index (χ4v) is 1.68. The van der Waals surface area contributed by atoms with E-state index in [2.05, 4.69) is 5.32 Å². The zero-order chi connectivity index (χ0) is 15.3. The number of hydrogen-bond acceptors (Lipinski definition) is 3. The monoisotopic (exact) mass is 289 g/mol. The second-order valence-electron chi connectivity index (χ2n) is 4.56. The molecule has 0 aliphatic rings. The van der Waals surface area contributed by atoms with E-state index in [-0.39, 0.29) is 24.7 Å². The Morgan fingerprint density at radius 2 is 2.05 bits per heavy atom. The van der Waals surface area contributed by atoms with Crippen LogP contribution in [-0.2, 0) is 15.7 Å². The number of alkyl halides is 3. The number of halogens is 3. The van der Waals surface area contributed by atoms with Crippen LogP contribution in [0, 0.1) is 12.8 Å². The highest BCUT2D eigenvalue weighted by Gasteiger charge is 2.32. The van der Waals surface area contributed by atoms with Crippen LogP contribution >= 0.6 is 0 Å². The van der Waals surface area contributed by atoms with Crippen LogP contribution in [0.25, 0.3) is 0 Å². The molecule has 1 unspecified atom stereocenters. The summed E-state index contributed by atoms with van der Waals surface area (Å²) in [5, 5.41) is 2.82. The van der Waals surface area contributed by atoms with E-state index in [1.807, 2.05) is 0 Å². The number of nitrogens with one attached hydrogen (secondary N) is 1. The predicted molar refractivity (Wildman–Crippen MR) is 70.5 cm³/mol. The highest BCUT2D eigenvalue weighted by molar-refractivity contribution is 5.72. The van der Waals surface area contributed by atoms with Crippen LogP contribution in [0.2, 0.25) is 0 Å². The van der Waals surface area contributed by atoms with Crippen LogP contribution in [0.1, 0.15) is 25.0 Å². The number of hydrogen-bond donors (Lipinski definition) is 1. The standard InChI is InChI=1S/C14H18F3NO2/c1-4-20-13(19)10(3)8-18-11-6-5-9(2)12(7-11)14(15,16)17/h5-7,10,18H,4,8H2,1-3H3. The SMILES string of the molecule is CCOC(=O)C(C)CNc1ccc(C)c(C(F)(F)F)c1. The van der Waals surface area contributed by atoms with E-state index in [0.717, 1.165) is 6.07 Å². The van der Waals surface area contributed by atoms with Crippen molar-refractivity contribution in [1.29, 1.82) is 0 Å². The van der Waals surface area contributed by atoms with Crippen molar-refractivity contribution in [2.45, 2.75) is 26.9 Å². The minimum atomic E-state index is -4.38. The third-order valence-corrected chi connectivity index (χ3v) is 2.84. The average molecular weight is 289 g/mol. The lowest BCUT2D eigenvalue weighted by Gasteiger charge is -2.15. The van der Waals surface area contributed by atoms with Crippen LogP contribution in [0.3, 0.4) is 0 Å². The predicted octanol–water partition coefficient (Wildman–Crippen LogP) is 3.62. The Kier molecular flexibility index (Phi) is 5.42. The molecule has 3 nitrogen and oxygen atoms in total. The van der Waals surface area contributed by atoms with Gasteiger partial charge in [0.1, 0.15) is 0 Å². The first-order valence-electron chi connectivity index (χ1n) is 6.34. The molecule has 0 spiro atoms. The topological polar surface area (TPSA) is 38.3 Å². The average Bonchev–Trinajstić information content (AvgIpc) is 2.36. The van der Waals surface area contributed by atoms with Crippen molar-refractivity contribution >= 4 is 11.7 Å². The zero-order valence-electron chi connectivity index (χ0n) is 11.7. The van der Waals surface area contributed by atoms with Gasteiger partial charge < -0.3 is 10.1 Å². The van der Waals surface area contributed by atoms with E-state index < -0.39 is 17.7 Å². The zero-order valence-corrected chi connectivity index (χ0v) is 11.7. The molecule has 1 N–H and O–H groups in total. The Hall–Kier alpha value is -1.72. The van der Waals surface area contributed by atoms with Crippen LogP contribution in [0.4, 0.5) is 18.9 Å². The number of aryl methyl sites for hydroxylation is 1. The van der Waals surface area contributed by atoms with E-state index in [0.29, 0.717) is 5.69 Å². The molecule has 0 radical (unpaired) electrons. The summed E-state index contributed by atoms with van der Waals surface area (Å²) >= 11 is 0. The summed E-state index contributed by atoms with van der Waals surface area (Å²) in [4.78, 5) is 11.4. The summed E-state index contributed by atoms with van der Waals surface area (Å²) in [6.07, 6.45) is -4.38. The van der Waals surface area contributed by atoms with Crippen molar-refractivity contribution in [3.05, 3.63) is 29.3 Å². The molecule has 0 bridgehead atoms. The Labute approximate surface area is 116 Å². The number of esters is 1. The molecule has 20 heavy (non-hydrogen) atoms. The summed E-state index contributed by atoms with van der Waals surface area (Å²) in [6, 6.07) is 4.01. The van der Waals surface area contributed by atoms with Gasteiger partial charge in [0.2, 0.25) is 0 Å². The third-order valence-electron chi connectivity index (χ3n) is 2.84.